The Labute approximate surface area is 124 Å². The third-order valence-corrected chi connectivity index (χ3v) is 3.85. The lowest BCUT2D eigenvalue weighted by Crippen LogP contribution is -2.47. The van der Waals surface area contributed by atoms with Gasteiger partial charge in [0.15, 0.2) is 5.41 Å². The van der Waals surface area contributed by atoms with Crippen molar-refractivity contribution in [2.45, 2.75) is 12.6 Å². The second kappa shape index (κ2) is 5.51. The van der Waals surface area contributed by atoms with Crippen molar-refractivity contribution in [3.63, 3.8) is 0 Å². The summed E-state index contributed by atoms with van der Waals surface area (Å²) in [5.74, 6) is -2.08. The van der Waals surface area contributed by atoms with Gasteiger partial charge in [0.05, 0.1) is 7.11 Å². The molecule has 0 bridgehead atoms. The number of hydrogen-bond acceptors (Lipinski definition) is 3. The zero-order valence-corrected chi connectivity index (χ0v) is 11.7. The van der Waals surface area contributed by atoms with Gasteiger partial charge in [-0.2, -0.15) is 13.2 Å². The molecule has 0 aromatic heterocycles. The molecule has 1 saturated heterocycles. The van der Waals surface area contributed by atoms with E-state index in [-0.39, 0.29) is 12.1 Å². The fraction of sp³-hybridized carbons (Fsp3) is 0.429. The second-order valence-corrected chi connectivity index (χ2v) is 5.09. The lowest BCUT2D eigenvalue weighted by Gasteiger charge is -2.27. The summed E-state index contributed by atoms with van der Waals surface area (Å²) < 4.78 is 44.1. The number of hydrogen-bond donors (Lipinski definition) is 1. The Morgan fingerprint density at radius 1 is 1.27 bits per heavy atom. The Bertz CT molecular complexity index is 585. The van der Waals surface area contributed by atoms with Crippen molar-refractivity contribution >= 4 is 11.9 Å². The van der Waals surface area contributed by atoms with E-state index in [1.165, 1.54) is 31.4 Å². The molecule has 2 rings (SSSR count). The first kappa shape index (κ1) is 16.1. The highest BCUT2D eigenvalue weighted by Crippen LogP contribution is 2.46. The van der Waals surface area contributed by atoms with E-state index in [9.17, 15) is 22.8 Å². The van der Waals surface area contributed by atoms with Crippen molar-refractivity contribution in [2.24, 2.45) is 5.41 Å². The number of alkyl halides is 3. The molecule has 0 radical (unpaired) electrons. The summed E-state index contributed by atoms with van der Waals surface area (Å²) >= 11 is 0. The number of carbonyl (C=O) groups excluding carboxylic acids is 1. The largest absolute Gasteiger partial charge is 0.497 e. The first-order chi connectivity index (χ1) is 10.2. The van der Waals surface area contributed by atoms with Gasteiger partial charge in [-0.25, -0.2) is 0 Å². The van der Waals surface area contributed by atoms with Crippen LogP contribution in [0.5, 0.6) is 5.75 Å². The van der Waals surface area contributed by atoms with Crippen molar-refractivity contribution in [1.29, 1.82) is 0 Å². The normalized spacial score (nSPS) is 21.7. The van der Waals surface area contributed by atoms with E-state index in [1.54, 1.807) is 0 Å². The molecule has 120 valence electrons. The minimum atomic E-state index is -4.91. The number of carboxylic acid groups (broad SMARTS) is 1. The number of carbonyl (C=O) groups is 2. The smallest absolute Gasteiger partial charge is 0.406 e. The van der Waals surface area contributed by atoms with E-state index >= 15 is 0 Å². The van der Waals surface area contributed by atoms with Gasteiger partial charge in [-0.05, 0) is 30.7 Å². The average molecular weight is 317 g/mol. The molecule has 8 heteroatoms. The van der Waals surface area contributed by atoms with Gasteiger partial charge in [0.2, 0.25) is 0 Å². The lowest BCUT2D eigenvalue weighted by atomic mass is 9.86. The van der Waals surface area contributed by atoms with Crippen LogP contribution in [0.4, 0.5) is 13.2 Å². The van der Waals surface area contributed by atoms with Crippen molar-refractivity contribution in [2.75, 3.05) is 20.2 Å². The molecule has 0 aliphatic carbocycles. The van der Waals surface area contributed by atoms with Crippen LogP contribution in [0.2, 0.25) is 0 Å². The Morgan fingerprint density at radius 2 is 1.86 bits per heavy atom. The number of carboxylic acids is 1. The van der Waals surface area contributed by atoms with Crippen molar-refractivity contribution in [3.8, 4) is 5.75 Å². The van der Waals surface area contributed by atoms with Crippen LogP contribution in [0.15, 0.2) is 24.3 Å². The number of methoxy groups -OCH3 is 1. The standard InChI is InChI=1S/C14H14F3NO4/c1-22-10-4-2-9(3-5-10)11(19)18-7-6-13(8-18,12(20)21)14(15,16)17/h2-5H,6-8H2,1H3,(H,20,21). The van der Waals surface area contributed by atoms with Crippen molar-refractivity contribution in [3.05, 3.63) is 29.8 Å². The second-order valence-electron chi connectivity index (χ2n) is 5.09. The van der Waals surface area contributed by atoms with Gasteiger partial charge in [-0.15, -0.1) is 0 Å². The summed E-state index contributed by atoms with van der Waals surface area (Å²) in [5.41, 5.74) is -2.71. The number of nitrogens with zero attached hydrogens (tertiary/aromatic N) is 1. The monoisotopic (exact) mass is 317 g/mol. The van der Waals surface area contributed by atoms with Gasteiger partial charge in [0, 0.05) is 18.7 Å². The molecule has 1 heterocycles. The molecular formula is C14H14F3NO4. The molecule has 1 atom stereocenters. The molecule has 1 aromatic rings. The van der Waals surface area contributed by atoms with Gasteiger partial charge < -0.3 is 14.7 Å². The minimum absolute atomic E-state index is 0.184. The third kappa shape index (κ3) is 2.60. The van der Waals surface area contributed by atoms with Crippen LogP contribution >= 0.6 is 0 Å². The Morgan fingerprint density at radius 3 is 2.27 bits per heavy atom. The summed E-state index contributed by atoms with van der Waals surface area (Å²) in [6, 6.07) is 5.88. The summed E-state index contributed by atoms with van der Waals surface area (Å²) in [6.45, 7) is -1.13. The van der Waals surface area contributed by atoms with Gasteiger partial charge in [0.25, 0.3) is 5.91 Å². The Hall–Kier alpha value is -2.25. The SMILES string of the molecule is COc1ccc(C(=O)N2CCC(C(=O)O)(C(F)(F)F)C2)cc1. The van der Waals surface area contributed by atoms with Crippen molar-refractivity contribution in [1.82, 2.24) is 4.90 Å². The van der Waals surface area contributed by atoms with E-state index in [0.717, 1.165) is 4.90 Å². The molecular weight excluding hydrogens is 303 g/mol. The summed E-state index contributed by atoms with van der Waals surface area (Å²) in [4.78, 5) is 24.2. The molecule has 5 nitrogen and oxygen atoms in total. The van der Waals surface area contributed by atoms with Crippen LogP contribution < -0.4 is 4.74 Å². The highest BCUT2D eigenvalue weighted by Gasteiger charge is 2.64. The molecule has 0 saturated carbocycles. The fourth-order valence-electron chi connectivity index (χ4n) is 2.43. The zero-order valence-electron chi connectivity index (χ0n) is 11.7. The minimum Gasteiger partial charge on any atom is -0.497 e. The van der Waals surface area contributed by atoms with Gasteiger partial charge in [0.1, 0.15) is 5.75 Å². The average Bonchev–Trinajstić information content (AvgIpc) is 2.93. The third-order valence-electron chi connectivity index (χ3n) is 3.85. The zero-order chi connectivity index (χ0) is 16.5. The van der Waals surface area contributed by atoms with Gasteiger partial charge in [-0.1, -0.05) is 0 Å². The van der Waals surface area contributed by atoms with Gasteiger partial charge >= 0.3 is 12.1 Å². The van der Waals surface area contributed by atoms with E-state index in [4.69, 9.17) is 9.84 Å². The maximum absolute atomic E-state index is 13.1. The maximum Gasteiger partial charge on any atom is 0.406 e. The summed E-state index contributed by atoms with van der Waals surface area (Å²) in [7, 11) is 1.45. The number of rotatable bonds is 3. The van der Waals surface area contributed by atoms with Crippen LogP contribution in [-0.4, -0.2) is 48.3 Å². The number of likely N-dealkylation sites (tertiary alicyclic amines) is 1. The van der Waals surface area contributed by atoms with E-state index in [2.05, 4.69) is 0 Å². The molecule has 1 N–H and O–H groups in total. The first-order valence-electron chi connectivity index (χ1n) is 6.45. The molecule has 1 unspecified atom stereocenters. The van der Waals surface area contributed by atoms with Crippen LogP contribution in [0.3, 0.4) is 0 Å². The quantitative estimate of drug-likeness (QED) is 0.928. The number of ether oxygens (including phenoxy) is 1. The molecule has 1 aliphatic heterocycles. The topological polar surface area (TPSA) is 66.8 Å². The van der Waals surface area contributed by atoms with Crippen molar-refractivity contribution < 1.29 is 32.6 Å². The molecule has 22 heavy (non-hydrogen) atoms. The molecule has 0 spiro atoms. The van der Waals surface area contributed by atoms with E-state index < -0.39 is 36.4 Å². The number of aliphatic carboxylic acids is 1. The summed E-state index contributed by atoms with van der Waals surface area (Å²) in [5, 5.41) is 8.96. The van der Waals surface area contributed by atoms with E-state index in [0.29, 0.717) is 5.75 Å². The molecule has 1 aromatic carbocycles. The summed E-state index contributed by atoms with van der Waals surface area (Å²) in [6.07, 6.45) is -5.55. The fourth-order valence-corrected chi connectivity index (χ4v) is 2.43. The molecule has 1 aliphatic rings. The molecule has 1 fully saturated rings. The number of halogens is 3. The van der Waals surface area contributed by atoms with E-state index in [1.807, 2.05) is 0 Å². The Balaban J connectivity index is 2.21. The highest BCUT2D eigenvalue weighted by molar-refractivity contribution is 5.95. The van der Waals surface area contributed by atoms with Crippen LogP contribution in [0.1, 0.15) is 16.8 Å². The molecule has 1 amide bonds. The predicted octanol–water partition coefficient (Wildman–Crippen LogP) is 2.17. The lowest BCUT2D eigenvalue weighted by molar-refractivity contribution is -0.227. The Kier molecular flexibility index (Phi) is 4.04. The van der Waals surface area contributed by atoms with Crippen LogP contribution in [-0.2, 0) is 4.79 Å². The van der Waals surface area contributed by atoms with Crippen LogP contribution in [0, 0.1) is 5.41 Å². The van der Waals surface area contributed by atoms with Gasteiger partial charge in [-0.3, -0.25) is 9.59 Å². The van der Waals surface area contributed by atoms with Crippen LogP contribution in [0.25, 0.3) is 0 Å². The number of benzene rings is 1. The number of amides is 1. The maximum atomic E-state index is 13.1. The predicted molar refractivity (Wildman–Crippen MR) is 69.6 cm³/mol. The first-order valence-corrected chi connectivity index (χ1v) is 6.45. The highest BCUT2D eigenvalue weighted by atomic mass is 19.4.